The standard InChI is InChI=1S/C23H21ClN2O5S/c1-16-9-11-19(12-10-16)32(30,31)26(21-8-3-2-7-20(21)24)15-22(27)25-14-17-5-4-6-18(13-17)23(28)29/h2-13H,14-15H2,1H3,(H,25,27)(H,28,29). The molecule has 3 aromatic rings. The van der Waals surface area contributed by atoms with Gasteiger partial charge in [0.15, 0.2) is 0 Å². The van der Waals surface area contributed by atoms with E-state index in [1.807, 2.05) is 6.92 Å². The summed E-state index contributed by atoms with van der Waals surface area (Å²) in [5.41, 5.74) is 1.74. The number of hydrogen-bond donors (Lipinski definition) is 2. The van der Waals surface area contributed by atoms with E-state index in [0.717, 1.165) is 9.87 Å². The highest BCUT2D eigenvalue weighted by Gasteiger charge is 2.28. The van der Waals surface area contributed by atoms with E-state index in [4.69, 9.17) is 16.7 Å². The summed E-state index contributed by atoms with van der Waals surface area (Å²) >= 11 is 6.25. The second-order valence-electron chi connectivity index (χ2n) is 7.06. The summed E-state index contributed by atoms with van der Waals surface area (Å²) in [5.74, 6) is -1.64. The van der Waals surface area contributed by atoms with Crippen LogP contribution in [0.3, 0.4) is 0 Å². The number of sulfonamides is 1. The van der Waals surface area contributed by atoms with Crippen molar-refractivity contribution in [1.82, 2.24) is 5.32 Å². The molecule has 3 rings (SSSR count). The van der Waals surface area contributed by atoms with Gasteiger partial charge >= 0.3 is 5.97 Å². The maximum Gasteiger partial charge on any atom is 0.335 e. The van der Waals surface area contributed by atoms with Crippen LogP contribution in [0.5, 0.6) is 0 Å². The normalized spacial score (nSPS) is 11.1. The van der Waals surface area contributed by atoms with Crippen molar-refractivity contribution in [3.63, 3.8) is 0 Å². The number of aryl methyl sites for hydroxylation is 1. The Morgan fingerprint density at radius 1 is 1.00 bits per heavy atom. The molecular formula is C23H21ClN2O5S. The zero-order chi connectivity index (χ0) is 23.3. The maximum atomic E-state index is 13.3. The van der Waals surface area contributed by atoms with Crippen LogP contribution in [0.25, 0.3) is 0 Å². The van der Waals surface area contributed by atoms with Crippen LogP contribution in [-0.4, -0.2) is 31.9 Å². The van der Waals surface area contributed by atoms with Gasteiger partial charge in [0.2, 0.25) is 5.91 Å². The minimum Gasteiger partial charge on any atom is -0.478 e. The number of nitrogens with zero attached hydrogens (tertiary/aromatic N) is 1. The van der Waals surface area contributed by atoms with Crippen LogP contribution in [0.4, 0.5) is 5.69 Å². The summed E-state index contributed by atoms with van der Waals surface area (Å²) in [4.78, 5) is 23.8. The van der Waals surface area contributed by atoms with Gasteiger partial charge in [-0.25, -0.2) is 13.2 Å². The number of hydrogen-bond acceptors (Lipinski definition) is 4. The molecule has 1 amide bonds. The van der Waals surface area contributed by atoms with Gasteiger partial charge in [-0.2, -0.15) is 0 Å². The van der Waals surface area contributed by atoms with E-state index >= 15 is 0 Å². The summed E-state index contributed by atoms with van der Waals surface area (Å²) < 4.78 is 27.7. The van der Waals surface area contributed by atoms with Gasteiger partial charge in [0, 0.05) is 6.54 Å². The molecule has 3 aromatic carbocycles. The Balaban J connectivity index is 1.85. The summed E-state index contributed by atoms with van der Waals surface area (Å²) in [7, 11) is -4.08. The molecule has 0 saturated carbocycles. The van der Waals surface area contributed by atoms with Crippen LogP contribution in [0.2, 0.25) is 5.02 Å². The molecular weight excluding hydrogens is 452 g/mol. The highest BCUT2D eigenvalue weighted by atomic mass is 35.5. The van der Waals surface area contributed by atoms with Crippen LogP contribution in [0.1, 0.15) is 21.5 Å². The van der Waals surface area contributed by atoms with Crippen LogP contribution < -0.4 is 9.62 Å². The first-order chi connectivity index (χ1) is 15.2. The van der Waals surface area contributed by atoms with Crippen LogP contribution in [0, 0.1) is 6.92 Å². The molecule has 0 heterocycles. The lowest BCUT2D eigenvalue weighted by Crippen LogP contribution is -2.40. The minimum atomic E-state index is -4.08. The largest absolute Gasteiger partial charge is 0.478 e. The second-order valence-corrected chi connectivity index (χ2v) is 9.33. The van der Waals surface area contributed by atoms with E-state index in [9.17, 15) is 18.0 Å². The molecule has 0 aromatic heterocycles. The van der Waals surface area contributed by atoms with Crippen LogP contribution >= 0.6 is 11.6 Å². The third-order valence-electron chi connectivity index (χ3n) is 4.68. The molecule has 0 saturated heterocycles. The van der Waals surface area contributed by atoms with Crippen molar-refractivity contribution in [2.75, 3.05) is 10.8 Å². The van der Waals surface area contributed by atoms with E-state index in [0.29, 0.717) is 5.56 Å². The van der Waals surface area contributed by atoms with Gasteiger partial charge < -0.3 is 10.4 Å². The number of benzene rings is 3. The fourth-order valence-corrected chi connectivity index (χ4v) is 4.72. The predicted octanol–water partition coefficient (Wildman–Crippen LogP) is 3.86. The van der Waals surface area contributed by atoms with Gasteiger partial charge in [-0.05, 0) is 48.9 Å². The minimum absolute atomic E-state index is 0.0324. The fraction of sp³-hybridized carbons (Fsp3) is 0.130. The number of aromatic carboxylic acids is 1. The van der Waals surface area contributed by atoms with E-state index in [1.165, 1.54) is 30.3 Å². The first kappa shape index (κ1) is 23.3. The Morgan fingerprint density at radius 3 is 2.34 bits per heavy atom. The number of carbonyl (C=O) groups is 2. The van der Waals surface area contributed by atoms with Crippen molar-refractivity contribution in [2.45, 2.75) is 18.4 Å². The summed E-state index contributed by atoms with van der Waals surface area (Å²) in [6.45, 7) is 1.38. The van der Waals surface area contributed by atoms with Gasteiger partial charge in [0.05, 0.1) is 21.2 Å². The van der Waals surface area contributed by atoms with E-state index in [1.54, 1.807) is 42.5 Å². The summed E-state index contributed by atoms with van der Waals surface area (Å²) in [6.07, 6.45) is 0. The highest BCUT2D eigenvalue weighted by molar-refractivity contribution is 7.92. The molecule has 0 fully saturated rings. The van der Waals surface area contributed by atoms with Gasteiger partial charge in [-0.15, -0.1) is 0 Å². The van der Waals surface area contributed by atoms with E-state index in [2.05, 4.69) is 5.32 Å². The molecule has 7 nitrogen and oxygen atoms in total. The Kier molecular flexibility index (Phi) is 7.17. The summed E-state index contributed by atoms with van der Waals surface area (Å²) in [6, 6.07) is 18.8. The molecule has 2 N–H and O–H groups in total. The van der Waals surface area contributed by atoms with Crippen molar-refractivity contribution >= 4 is 39.2 Å². The van der Waals surface area contributed by atoms with E-state index < -0.39 is 28.4 Å². The van der Waals surface area contributed by atoms with Crippen LogP contribution in [0.15, 0.2) is 77.7 Å². The molecule has 0 radical (unpaired) electrons. The Morgan fingerprint density at radius 2 is 1.69 bits per heavy atom. The van der Waals surface area contributed by atoms with Gasteiger partial charge in [-0.1, -0.05) is 53.6 Å². The number of halogens is 1. The Hall–Kier alpha value is -3.36. The number of anilines is 1. The molecule has 9 heteroatoms. The summed E-state index contributed by atoms with van der Waals surface area (Å²) in [5, 5.41) is 11.9. The molecule has 166 valence electrons. The number of carboxylic acids is 1. The maximum absolute atomic E-state index is 13.3. The molecule has 0 unspecified atom stereocenters. The van der Waals surface area contributed by atoms with Gasteiger partial charge in [0.25, 0.3) is 10.0 Å². The smallest absolute Gasteiger partial charge is 0.335 e. The first-order valence-electron chi connectivity index (χ1n) is 9.61. The number of carbonyl (C=O) groups excluding carboxylic acids is 1. The average Bonchev–Trinajstić information content (AvgIpc) is 2.77. The van der Waals surface area contributed by atoms with Gasteiger partial charge in [-0.3, -0.25) is 9.10 Å². The predicted molar refractivity (Wildman–Crippen MR) is 122 cm³/mol. The van der Waals surface area contributed by atoms with Crippen LogP contribution in [-0.2, 0) is 21.4 Å². The lowest BCUT2D eigenvalue weighted by Gasteiger charge is -2.25. The van der Waals surface area contributed by atoms with E-state index in [-0.39, 0.29) is 27.7 Å². The fourth-order valence-electron chi connectivity index (χ4n) is 2.99. The molecule has 0 aliphatic carbocycles. The first-order valence-corrected chi connectivity index (χ1v) is 11.4. The van der Waals surface area contributed by atoms with Crippen molar-refractivity contribution in [3.05, 3.63) is 94.5 Å². The molecule has 0 bridgehead atoms. The second kappa shape index (κ2) is 9.84. The zero-order valence-corrected chi connectivity index (χ0v) is 18.7. The Bertz CT molecular complexity index is 1240. The topological polar surface area (TPSA) is 104 Å². The molecule has 0 aliphatic rings. The SMILES string of the molecule is Cc1ccc(S(=O)(=O)N(CC(=O)NCc2cccc(C(=O)O)c2)c2ccccc2Cl)cc1. The monoisotopic (exact) mass is 472 g/mol. The number of rotatable bonds is 8. The van der Waals surface area contributed by atoms with Crippen molar-refractivity contribution < 1.29 is 23.1 Å². The van der Waals surface area contributed by atoms with Gasteiger partial charge in [0.1, 0.15) is 6.54 Å². The van der Waals surface area contributed by atoms with Crippen molar-refractivity contribution in [1.29, 1.82) is 0 Å². The lowest BCUT2D eigenvalue weighted by molar-refractivity contribution is -0.119. The number of carboxylic acid groups (broad SMARTS) is 1. The number of amides is 1. The third kappa shape index (κ3) is 5.46. The Labute approximate surface area is 191 Å². The number of nitrogens with one attached hydrogen (secondary N) is 1. The van der Waals surface area contributed by atoms with Crippen molar-refractivity contribution in [2.24, 2.45) is 0 Å². The molecule has 32 heavy (non-hydrogen) atoms. The molecule has 0 aliphatic heterocycles. The van der Waals surface area contributed by atoms with Crippen molar-refractivity contribution in [3.8, 4) is 0 Å². The third-order valence-corrected chi connectivity index (χ3v) is 6.77. The quantitative estimate of drug-likeness (QED) is 0.518. The molecule has 0 atom stereocenters. The highest BCUT2D eigenvalue weighted by Crippen LogP contribution is 2.30. The average molecular weight is 473 g/mol. The lowest BCUT2D eigenvalue weighted by atomic mass is 10.1. The zero-order valence-electron chi connectivity index (χ0n) is 17.2. The molecule has 0 spiro atoms. The number of para-hydroxylation sites is 1.